The Morgan fingerprint density at radius 1 is 1.24 bits per heavy atom. The molecule has 1 N–H and O–H groups in total. The Bertz CT molecular complexity index is 834. The standard InChI is InChI=1S/C20H25N3O6/c1-9(2)17(20(27)28-8-14(24)21-13-6-10(3)29-22-13)23-18(25)15-11-4-5-12(7-11)16(15)19(23)26/h6,9,11-12,15-17H,4-5,7-8H2,1-3H3,(H,21,22,24)/t11-,12-,15-,16+,17-/m1/s1. The van der Waals surface area contributed by atoms with E-state index in [4.69, 9.17) is 9.26 Å². The fraction of sp³-hybridized carbons (Fsp3) is 0.650. The molecule has 1 aliphatic heterocycles. The van der Waals surface area contributed by atoms with Crippen LogP contribution in [-0.2, 0) is 23.9 Å². The summed E-state index contributed by atoms with van der Waals surface area (Å²) >= 11 is 0. The summed E-state index contributed by atoms with van der Waals surface area (Å²) in [6, 6.07) is 0.507. The number of rotatable bonds is 6. The summed E-state index contributed by atoms with van der Waals surface area (Å²) in [5, 5.41) is 6.09. The summed E-state index contributed by atoms with van der Waals surface area (Å²) in [6.45, 7) is 4.66. The second-order valence-corrected chi connectivity index (χ2v) is 8.60. The number of nitrogens with one attached hydrogen (secondary N) is 1. The molecule has 2 aliphatic carbocycles. The Morgan fingerprint density at radius 2 is 1.86 bits per heavy atom. The van der Waals surface area contributed by atoms with Crippen LogP contribution in [0.4, 0.5) is 5.82 Å². The van der Waals surface area contributed by atoms with Crippen LogP contribution in [0.3, 0.4) is 0 Å². The van der Waals surface area contributed by atoms with Gasteiger partial charge in [0.25, 0.3) is 5.91 Å². The topological polar surface area (TPSA) is 119 Å². The van der Waals surface area contributed by atoms with Crippen LogP contribution < -0.4 is 5.32 Å². The van der Waals surface area contributed by atoms with Crippen molar-refractivity contribution in [2.24, 2.45) is 29.6 Å². The number of imide groups is 1. The maximum atomic E-state index is 13.0. The fourth-order valence-electron chi connectivity index (χ4n) is 5.21. The van der Waals surface area contributed by atoms with E-state index in [-0.39, 0.29) is 47.2 Å². The second kappa shape index (κ2) is 7.27. The van der Waals surface area contributed by atoms with Crippen molar-refractivity contribution >= 4 is 29.5 Å². The summed E-state index contributed by atoms with van der Waals surface area (Å²) < 4.78 is 10.0. The van der Waals surface area contributed by atoms with Crippen LogP contribution in [-0.4, -0.2) is 46.4 Å². The maximum absolute atomic E-state index is 13.0. The molecule has 0 aromatic carbocycles. The third-order valence-electron chi connectivity index (χ3n) is 6.35. The van der Waals surface area contributed by atoms with Gasteiger partial charge in [-0.25, -0.2) is 4.79 Å². The van der Waals surface area contributed by atoms with E-state index < -0.39 is 24.5 Å². The largest absolute Gasteiger partial charge is 0.454 e. The average molecular weight is 403 g/mol. The Kier molecular flexibility index (Phi) is 4.92. The molecule has 9 nitrogen and oxygen atoms in total. The number of hydrogen-bond donors (Lipinski definition) is 1. The number of carbonyl (C=O) groups is 4. The van der Waals surface area contributed by atoms with E-state index in [9.17, 15) is 19.2 Å². The summed E-state index contributed by atoms with van der Waals surface area (Å²) in [4.78, 5) is 51.9. The zero-order valence-corrected chi connectivity index (χ0v) is 16.7. The van der Waals surface area contributed by atoms with Crippen LogP contribution in [0.25, 0.3) is 0 Å². The summed E-state index contributed by atoms with van der Waals surface area (Å²) in [7, 11) is 0. The van der Waals surface area contributed by atoms with Crippen LogP contribution in [0.15, 0.2) is 10.6 Å². The Morgan fingerprint density at radius 3 is 2.38 bits per heavy atom. The number of nitrogens with zero attached hydrogens (tertiary/aromatic N) is 2. The highest BCUT2D eigenvalue weighted by molar-refractivity contribution is 6.08. The first-order valence-electron chi connectivity index (χ1n) is 10.0. The Labute approximate surface area is 168 Å². The molecule has 0 radical (unpaired) electrons. The summed E-state index contributed by atoms with van der Waals surface area (Å²) in [5.41, 5.74) is 0. The van der Waals surface area contributed by atoms with Gasteiger partial charge in [-0.05, 0) is 43.9 Å². The van der Waals surface area contributed by atoms with Crippen molar-refractivity contribution < 1.29 is 28.4 Å². The number of likely N-dealkylation sites (tertiary alicyclic amines) is 1. The van der Waals surface area contributed by atoms with Crippen molar-refractivity contribution in [2.45, 2.75) is 46.1 Å². The van der Waals surface area contributed by atoms with E-state index >= 15 is 0 Å². The van der Waals surface area contributed by atoms with Gasteiger partial charge in [0.05, 0.1) is 11.8 Å². The van der Waals surface area contributed by atoms with E-state index in [0.29, 0.717) is 5.76 Å². The molecule has 1 saturated heterocycles. The SMILES string of the molecule is Cc1cc(NC(=O)COC(=O)[C@@H](C(C)C)N2C(=O)[C@@H]3[C@@H]4CC[C@H](C4)[C@@H]3C2=O)no1. The van der Waals surface area contributed by atoms with E-state index in [2.05, 4.69) is 10.5 Å². The number of esters is 1. The number of anilines is 1. The van der Waals surface area contributed by atoms with Gasteiger partial charge in [0, 0.05) is 6.07 Å². The van der Waals surface area contributed by atoms with Crippen molar-refractivity contribution in [1.82, 2.24) is 10.1 Å². The van der Waals surface area contributed by atoms with Crippen molar-refractivity contribution in [2.75, 3.05) is 11.9 Å². The molecule has 2 heterocycles. The highest BCUT2D eigenvalue weighted by Gasteiger charge is 2.62. The van der Waals surface area contributed by atoms with Crippen molar-refractivity contribution in [3.8, 4) is 0 Å². The molecule has 0 spiro atoms. The van der Waals surface area contributed by atoms with Crippen LogP contribution in [0.1, 0.15) is 38.9 Å². The lowest BCUT2D eigenvalue weighted by atomic mass is 9.81. The number of hydrogen-bond acceptors (Lipinski definition) is 7. The van der Waals surface area contributed by atoms with Gasteiger partial charge in [-0.3, -0.25) is 19.3 Å². The zero-order chi connectivity index (χ0) is 20.9. The number of fused-ring (bicyclic) bond motifs is 5. The van der Waals surface area contributed by atoms with Gasteiger partial charge in [0.2, 0.25) is 11.8 Å². The third-order valence-corrected chi connectivity index (χ3v) is 6.35. The zero-order valence-electron chi connectivity index (χ0n) is 16.7. The van der Waals surface area contributed by atoms with E-state index in [0.717, 1.165) is 24.2 Å². The molecular weight excluding hydrogens is 378 g/mol. The lowest BCUT2D eigenvalue weighted by Gasteiger charge is -2.28. The first-order chi connectivity index (χ1) is 13.8. The minimum atomic E-state index is -1.03. The lowest BCUT2D eigenvalue weighted by Crippen LogP contribution is -2.50. The number of aromatic nitrogens is 1. The maximum Gasteiger partial charge on any atom is 0.330 e. The molecular formula is C20H25N3O6. The van der Waals surface area contributed by atoms with E-state index in [1.807, 2.05) is 0 Å². The van der Waals surface area contributed by atoms with E-state index in [1.165, 1.54) is 6.07 Å². The van der Waals surface area contributed by atoms with Crippen LogP contribution in [0.2, 0.25) is 0 Å². The van der Waals surface area contributed by atoms with Crippen LogP contribution in [0, 0.1) is 36.5 Å². The van der Waals surface area contributed by atoms with Crippen LogP contribution in [0.5, 0.6) is 0 Å². The molecule has 5 atom stereocenters. The highest BCUT2D eigenvalue weighted by atomic mass is 16.5. The molecule has 0 unspecified atom stereocenters. The minimum absolute atomic E-state index is 0.220. The molecule has 2 saturated carbocycles. The number of aryl methyl sites for hydroxylation is 1. The summed E-state index contributed by atoms with van der Waals surface area (Å²) in [6.07, 6.45) is 2.87. The highest BCUT2D eigenvalue weighted by Crippen LogP contribution is 2.56. The summed E-state index contributed by atoms with van der Waals surface area (Å²) in [5.74, 6) is -1.53. The van der Waals surface area contributed by atoms with Gasteiger partial charge in [-0.1, -0.05) is 19.0 Å². The quantitative estimate of drug-likeness (QED) is 0.565. The van der Waals surface area contributed by atoms with Gasteiger partial charge in [-0.2, -0.15) is 0 Å². The minimum Gasteiger partial charge on any atom is -0.454 e. The number of ether oxygens (including phenoxy) is 1. The molecule has 3 amide bonds. The van der Waals surface area contributed by atoms with Gasteiger partial charge in [0.15, 0.2) is 12.4 Å². The fourth-order valence-corrected chi connectivity index (χ4v) is 5.21. The first kappa shape index (κ1) is 19.6. The molecule has 9 heteroatoms. The third kappa shape index (κ3) is 3.32. The number of carbonyl (C=O) groups excluding carboxylic acids is 4. The van der Waals surface area contributed by atoms with Crippen molar-refractivity contribution in [3.63, 3.8) is 0 Å². The molecule has 156 valence electrons. The van der Waals surface area contributed by atoms with Gasteiger partial charge in [-0.15, -0.1) is 0 Å². The van der Waals surface area contributed by atoms with Gasteiger partial charge >= 0.3 is 5.97 Å². The predicted molar refractivity (Wildman–Crippen MR) is 99.1 cm³/mol. The second-order valence-electron chi connectivity index (χ2n) is 8.60. The van der Waals surface area contributed by atoms with Gasteiger partial charge < -0.3 is 14.6 Å². The lowest BCUT2D eigenvalue weighted by molar-refractivity contribution is -0.162. The van der Waals surface area contributed by atoms with Crippen molar-refractivity contribution in [3.05, 3.63) is 11.8 Å². The van der Waals surface area contributed by atoms with Gasteiger partial charge in [0.1, 0.15) is 11.8 Å². The molecule has 3 aliphatic rings. The molecule has 29 heavy (non-hydrogen) atoms. The molecule has 1 aromatic rings. The predicted octanol–water partition coefficient (Wildman–Crippen LogP) is 1.52. The monoisotopic (exact) mass is 403 g/mol. The molecule has 4 rings (SSSR count). The molecule has 2 bridgehead atoms. The number of amides is 3. The normalized spacial score (nSPS) is 28.8. The Hall–Kier alpha value is -2.71. The Balaban J connectivity index is 1.42. The van der Waals surface area contributed by atoms with Crippen molar-refractivity contribution in [1.29, 1.82) is 0 Å². The van der Waals surface area contributed by atoms with E-state index in [1.54, 1.807) is 20.8 Å². The molecule has 3 fully saturated rings. The smallest absolute Gasteiger partial charge is 0.330 e. The van der Waals surface area contributed by atoms with Crippen LogP contribution >= 0.6 is 0 Å². The first-order valence-corrected chi connectivity index (χ1v) is 10.0. The molecule has 1 aromatic heterocycles. The average Bonchev–Trinajstić information content (AvgIpc) is 3.41.